The number of carboxylic acids is 1. The van der Waals surface area contributed by atoms with Crippen molar-refractivity contribution in [2.75, 3.05) is 13.2 Å². The number of ether oxygens (including phenoxy) is 1. The van der Waals surface area contributed by atoms with Crippen molar-refractivity contribution in [2.24, 2.45) is 0 Å². The molecule has 10 heteroatoms. The molecule has 6 nitrogen and oxygen atoms in total. The first-order chi connectivity index (χ1) is 10.1. The number of benzene rings is 1. The molecule has 0 aromatic heterocycles. The number of carboxylic acid groups (broad SMARTS) is 1. The first-order valence-corrected chi connectivity index (χ1v) is 7.61. The number of rotatable bonds is 7. The van der Waals surface area contributed by atoms with E-state index in [1.54, 1.807) is 6.92 Å². The zero-order chi connectivity index (χ0) is 17.0. The SMILES string of the molecule is CCNS(=O)(=O)c1ccc(OCCC(F)(F)F)c(C(=O)O)c1. The van der Waals surface area contributed by atoms with E-state index in [1.165, 1.54) is 0 Å². The minimum absolute atomic E-state index is 0.106. The molecule has 0 heterocycles. The van der Waals surface area contributed by atoms with E-state index in [-0.39, 0.29) is 17.2 Å². The number of alkyl halides is 3. The van der Waals surface area contributed by atoms with Crippen molar-refractivity contribution in [1.82, 2.24) is 4.72 Å². The number of hydrogen-bond acceptors (Lipinski definition) is 4. The molecule has 124 valence electrons. The lowest BCUT2D eigenvalue weighted by Crippen LogP contribution is -2.23. The van der Waals surface area contributed by atoms with Crippen molar-refractivity contribution >= 4 is 16.0 Å². The van der Waals surface area contributed by atoms with Crippen LogP contribution >= 0.6 is 0 Å². The van der Waals surface area contributed by atoms with Crippen molar-refractivity contribution < 1.29 is 36.2 Å². The standard InChI is InChI=1S/C12H14F3NO5S/c1-2-16-22(19,20)8-3-4-10(9(7-8)11(17)18)21-6-5-12(13,14)15/h3-4,7,16H,2,5-6H2,1H3,(H,17,18). The van der Waals surface area contributed by atoms with Crippen LogP contribution in [0.2, 0.25) is 0 Å². The smallest absolute Gasteiger partial charge is 0.392 e. The molecule has 0 aliphatic carbocycles. The van der Waals surface area contributed by atoms with Gasteiger partial charge in [0.25, 0.3) is 0 Å². The highest BCUT2D eigenvalue weighted by atomic mass is 32.2. The maximum absolute atomic E-state index is 12.0. The van der Waals surface area contributed by atoms with Crippen LogP contribution in [0.4, 0.5) is 13.2 Å². The number of halogens is 3. The Labute approximate surface area is 124 Å². The number of aromatic carboxylic acids is 1. The van der Waals surface area contributed by atoms with E-state index in [1.807, 2.05) is 0 Å². The Bertz CT molecular complexity index is 643. The molecule has 2 N–H and O–H groups in total. The van der Waals surface area contributed by atoms with Crippen molar-refractivity contribution in [1.29, 1.82) is 0 Å². The first kappa shape index (κ1) is 18.2. The Morgan fingerprint density at radius 2 is 2.00 bits per heavy atom. The fourth-order valence-corrected chi connectivity index (χ4v) is 2.59. The zero-order valence-corrected chi connectivity index (χ0v) is 12.3. The quantitative estimate of drug-likeness (QED) is 0.791. The van der Waals surface area contributed by atoms with E-state index in [2.05, 4.69) is 4.72 Å². The molecule has 0 saturated heterocycles. The summed E-state index contributed by atoms with van der Waals surface area (Å²) < 4.78 is 66.6. The maximum atomic E-state index is 12.0. The average Bonchev–Trinajstić information content (AvgIpc) is 2.37. The summed E-state index contributed by atoms with van der Waals surface area (Å²) in [4.78, 5) is 10.8. The van der Waals surface area contributed by atoms with E-state index in [0.717, 1.165) is 18.2 Å². The first-order valence-electron chi connectivity index (χ1n) is 6.13. The zero-order valence-electron chi connectivity index (χ0n) is 11.5. The van der Waals surface area contributed by atoms with Crippen molar-refractivity contribution in [3.63, 3.8) is 0 Å². The number of nitrogens with one attached hydrogen (secondary N) is 1. The monoisotopic (exact) mass is 341 g/mol. The van der Waals surface area contributed by atoms with Gasteiger partial charge in [-0.15, -0.1) is 0 Å². The van der Waals surface area contributed by atoms with Gasteiger partial charge in [-0.05, 0) is 18.2 Å². The van der Waals surface area contributed by atoms with Crippen molar-refractivity contribution in [2.45, 2.75) is 24.4 Å². The van der Waals surface area contributed by atoms with Gasteiger partial charge in [-0.2, -0.15) is 13.2 Å². The normalized spacial score (nSPS) is 12.2. The van der Waals surface area contributed by atoms with Crippen molar-refractivity contribution in [3.05, 3.63) is 23.8 Å². The van der Waals surface area contributed by atoms with Crippen LogP contribution in [0.25, 0.3) is 0 Å². The molecule has 0 saturated carbocycles. The van der Waals surface area contributed by atoms with E-state index in [0.29, 0.717) is 0 Å². The third-order valence-corrected chi connectivity index (χ3v) is 4.01. The minimum atomic E-state index is -4.43. The van der Waals surface area contributed by atoms with Crippen LogP contribution in [0, 0.1) is 0 Å². The lowest BCUT2D eigenvalue weighted by Gasteiger charge is -2.12. The molecule has 0 amide bonds. The Morgan fingerprint density at radius 3 is 2.50 bits per heavy atom. The average molecular weight is 341 g/mol. The summed E-state index contributed by atoms with van der Waals surface area (Å²) in [5, 5.41) is 9.03. The van der Waals surface area contributed by atoms with Crippen LogP contribution in [0.3, 0.4) is 0 Å². The molecular formula is C12H14F3NO5S. The lowest BCUT2D eigenvalue weighted by molar-refractivity contribution is -0.139. The number of sulfonamides is 1. The Kier molecular flexibility index (Phi) is 5.78. The highest BCUT2D eigenvalue weighted by Crippen LogP contribution is 2.25. The van der Waals surface area contributed by atoms with Gasteiger partial charge in [-0.25, -0.2) is 17.9 Å². The molecule has 0 radical (unpaired) electrons. The van der Waals surface area contributed by atoms with Gasteiger partial charge in [0.2, 0.25) is 10.0 Å². The molecule has 0 aliphatic heterocycles. The molecule has 0 atom stereocenters. The molecule has 0 aliphatic rings. The highest BCUT2D eigenvalue weighted by Gasteiger charge is 2.27. The van der Waals surface area contributed by atoms with Crippen molar-refractivity contribution in [3.8, 4) is 5.75 Å². The largest absolute Gasteiger partial charge is 0.492 e. The second-order valence-electron chi connectivity index (χ2n) is 4.18. The predicted molar refractivity (Wildman–Crippen MR) is 70.4 cm³/mol. The second-order valence-corrected chi connectivity index (χ2v) is 5.95. The summed E-state index contributed by atoms with van der Waals surface area (Å²) in [6.07, 6.45) is -5.68. The van der Waals surface area contributed by atoms with Gasteiger partial charge in [0.1, 0.15) is 11.3 Å². The topological polar surface area (TPSA) is 92.7 Å². The van der Waals surface area contributed by atoms with Crippen LogP contribution in [0.1, 0.15) is 23.7 Å². The minimum Gasteiger partial charge on any atom is -0.492 e. The summed E-state index contributed by atoms with van der Waals surface area (Å²) in [6, 6.07) is 2.92. The Balaban J connectivity index is 3.04. The third kappa shape index (κ3) is 5.19. The van der Waals surface area contributed by atoms with E-state index >= 15 is 0 Å². The third-order valence-electron chi connectivity index (χ3n) is 2.47. The lowest BCUT2D eigenvalue weighted by atomic mass is 10.2. The second kappa shape index (κ2) is 6.97. The molecule has 22 heavy (non-hydrogen) atoms. The molecule has 1 rings (SSSR count). The molecule has 0 unspecified atom stereocenters. The van der Waals surface area contributed by atoms with Gasteiger partial charge in [0.15, 0.2) is 0 Å². The summed E-state index contributed by atoms with van der Waals surface area (Å²) in [6.45, 7) is 0.891. The number of hydrogen-bond donors (Lipinski definition) is 2. The fourth-order valence-electron chi connectivity index (χ4n) is 1.52. The van der Waals surface area contributed by atoms with Crippen LogP contribution in [0.15, 0.2) is 23.1 Å². The fraction of sp³-hybridized carbons (Fsp3) is 0.417. The van der Waals surface area contributed by atoms with Gasteiger partial charge < -0.3 is 9.84 Å². The van der Waals surface area contributed by atoms with Gasteiger partial charge in [0.05, 0.1) is 17.9 Å². The van der Waals surface area contributed by atoms with Gasteiger partial charge in [-0.3, -0.25) is 0 Å². The highest BCUT2D eigenvalue weighted by molar-refractivity contribution is 7.89. The summed E-state index contributed by atoms with van der Waals surface area (Å²) >= 11 is 0. The molecule has 0 fully saturated rings. The molecule has 1 aromatic rings. The Morgan fingerprint density at radius 1 is 1.36 bits per heavy atom. The maximum Gasteiger partial charge on any atom is 0.392 e. The predicted octanol–water partition coefficient (Wildman–Crippen LogP) is 2.01. The van der Waals surface area contributed by atoms with E-state index in [4.69, 9.17) is 9.84 Å². The van der Waals surface area contributed by atoms with Crippen LogP contribution in [-0.2, 0) is 10.0 Å². The van der Waals surface area contributed by atoms with Crippen LogP contribution in [0.5, 0.6) is 5.75 Å². The van der Waals surface area contributed by atoms with Crippen LogP contribution < -0.4 is 9.46 Å². The summed E-state index contributed by atoms with van der Waals surface area (Å²) in [5.74, 6) is -1.83. The Hall–Kier alpha value is -1.81. The molecule has 0 spiro atoms. The van der Waals surface area contributed by atoms with Crippen LogP contribution in [-0.4, -0.2) is 38.8 Å². The number of carbonyl (C=O) groups is 1. The van der Waals surface area contributed by atoms with Gasteiger partial charge >= 0.3 is 12.1 Å². The molecule has 1 aromatic carbocycles. The summed E-state index contributed by atoms with van der Waals surface area (Å²) in [7, 11) is -3.88. The summed E-state index contributed by atoms with van der Waals surface area (Å²) in [5.41, 5.74) is -0.527. The van der Waals surface area contributed by atoms with Gasteiger partial charge in [0, 0.05) is 6.54 Å². The van der Waals surface area contributed by atoms with E-state index in [9.17, 15) is 26.4 Å². The molecular weight excluding hydrogens is 327 g/mol. The van der Waals surface area contributed by atoms with E-state index < -0.39 is 40.8 Å². The van der Waals surface area contributed by atoms with Gasteiger partial charge in [-0.1, -0.05) is 6.92 Å². The molecule has 0 bridgehead atoms.